The van der Waals surface area contributed by atoms with Gasteiger partial charge in [-0.3, -0.25) is 13.9 Å². The smallest absolute Gasteiger partial charge is 0.242 e. The number of hydrogen-bond donors (Lipinski definition) is 1. The zero-order valence-corrected chi connectivity index (χ0v) is 23.8. The summed E-state index contributed by atoms with van der Waals surface area (Å²) in [6.45, 7) is 4.23. The number of benzene rings is 2. The number of ether oxygens (including phenoxy) is 1. The molecule has 3 rings (SSSR count). The lowest BCUT2D eigenvalue weighted by Crippen LogP contribution is -2.50. The van der Waals surface area contributed by atoms with E-state index >= 15 is 0 Å². The van der Waals surface area contributed by atoms with Gasteiger partial charge in [0.15, 0.2) is 0 Å². The van der Waals surface area contributed by atoms with E-state index in [2.05, 4.69) is 5.32 Å². The Bertz CT molecular complexity index is 1160. The first-order chi connectivity index (χ1) is 18.1. The minimum atomic E-state index is -3.55. The van der Waals surface area contributed by atoms with Crippen molar-refractivity contribution in [1.29, 1.82) is 0 Å². The molecule has 208 valence electrons. The Balaban J connectivity index is 1.70. The molecule has 0 aliphatic heterocycles. The second kappa shape index (κ2) is 13.6. The maximum absolute atomic E-state index is 13.5. The molecular formula is C29H41N3O5S. The third kappa shape index (κ3) is 8.48. The maximum atomic E-state index is 13.5. The molecule has 1 saturated carbocycles. The van der Waals surface area contributed by atoms with Crippen molar-refractivity contribution in [2.24, 2.45) is 0 Å². The van der Waals surface area contributed by atoms with Crippen molar-refractivity contribution in [3.63, 3.8) is 0 Å². The van der Waals surface area contributed by atoms with E-state index in [-0.39, 0.29) is 30.8 Å². The quantitative estimate of drug-likeness (QED) is 0.428. The Hall–Kier alpha value is -3.07. The van der Waals surface area contributed by atoms with Crippen LogP contribution in [0.1, 0.15) is 63.0 Å². The van der Waals surface area contributed by atoms with E-state index in [1.807, 2.05) is 31.2 Å². The molecule has 0 saturated heterocycles. The van der Waals surface area contributed by atoms with Gasteiger partial charge in [-0.05, 0) is 62.9 Å². The molecule has 1 N–H and O–H groups in total. The van der Waals surface area contributed by atoms with Gasteiger partial charge in [-0.1, -0.05) is 49.1 Å². The molecule has 2 aromatic rings. The number of aryl methyl sites for hydroxylation is 1. The minimum Gasteiger partial charge on any atom is -0.497 e. The molecule has 1 atom stereocenters. The highest BCUT2D eigenvalue weighted by molar-refractivity contribution is 7.92. The number of hydrogen-bond acceptors (Lipinski definition) is 5. The van der Waals surface area contributed by atoms with Crippen molar-refractivity contribution in [2.45, 2.75) is 77.4 Å². The molecule has 0 bridgehead atoms. The molecule has 0 radical (unpaired) electrons. The highest BCUT2D eigenvalue weighted by atomic mass is 32.2. The van der Waals surface area contributed by atoms with E-state index in [0.717, 1.165) is 43.1 Å². The second-order valence-electron chi connectivity index (χ2n) is 10.2. The number of anilines is 1. The third-order valence-electron chi connectivity index (χ3n) is 7.10. The molecule has 1 aliphatic rings. The van der Waals surface area contributed by atoms with Crippen LogP contribution in [0, 0.1) is 6.92 Å². The number of sulfonamides is 1. The van der Waals surface area contributed by atoms with Gasteiger partial charge in [0.05, 0.1) is 19.1 Å². The number of rotatable bonds is 12. The molecule has 2 amide bonds. The molecule has 0 unspecified atom stereocenters. The molecule has 0 heterocycles. The summed E-state index contributed by atoms with van der Waals surface area (Å²) in [5.74, 6) is 0.304. The van der Waals surface area contributed by atoms with Crippen molar-refractivity contribution in [2.75, 3.05) is 24.2 Å². The van der Waals surface area contributed by atoms with Gasteiger partial charge in [-0.15, -0.1) is 0 Å². The first-order valence-corrected chi connectivity index (χ1v) is 15.2. The fraction of sp³-hybridized carbons (Fsp3) is 0.517. The minimum absolute atomic E-state index is 0.120. The first-order valence-electron chi connectivity index (χ1n) is 13.4. The van der Waals surface area contributed by atoms with E-state index < -0.39 is 16.1 Å². The summed E-state index contributed by atoms with van der Waals surface area (Å²) >= 11 is 0. The monoisotopic (exact) mass is 543 g/mol. The summed E-state index contributed by atoms with van der Waals surface area (Å²) in [7, 11) is -2.00. The summed E-state index contributed by atoms with van der Waals surface area (Å²) < 4.78 is 31.5. The normalized spacial score (nSPS) is 14.9. The summed E-state index contributed by atoms with van der Waals surface area (Å²) in [5, 5.41) is 3.14. The van der Waals surface area contributed by atoms with Crippen LogP contribution < -0.4 is 14.4 Å². The van der Waals surface area contributed by atoms with Crippen LogP contribution in [0.4, 0.5) is 5.69 Å². The number of carbonyl (C=O) groups excluding carboxylic acids is 2. The lowest BCUT2D eigenvalue weighted by Gasteiger charge is -2.31. The van der Waals surface area contributed by atoms with E-state index in [4.69, 9.17) is 4.74 Å². The third-order valence-corrected chi connectivity index (χ3v) is 8.30. The fourth-order valence-electron chi connectivity index (χ4n) is 4.79. The largest absolute Gasteiger partial charge is 0.497 e. The predicted octanol–water partition coefficient (Wildman–Crippen LogP) is 4.42. The van der Waals surface area contributed by atoms with E-state index in [1.165, 1.54) is 10.7 Å². The van der Waals surface area contributed by atoms with E-state index in [0.29, 0.717) is 24.4 Å². The second-order valence-corrected chi connectivity index (χ2v) is 12.1. The van der Waals surface area contributed by atoms with Crippen LogP contribution in [-0.4, -0.2) is 57.1 Å². The SMILES string of the molecule is COc1ccc(N(CCCC(=O)N(Cc2ccc(C)cc2)[C@H](C)C(=O)NC2CCCCC2)S(C)(=O)=O)cc1. The summed E-state index contributed by atoms with van der Waals surface area (Å²) in [4.78, 5) is 28.2. The van der Waals surface area contributed by atoms with Crippen LogP contribution in [-0.2, 0) is 26.2 Å². The number of carbonyl (C=O) groups is 2. The van der Waals surface area contributed by atoms with Crippen molar-refractivity contribution in [3.05, 3.63) is 59.7 Å². The topological polar surface area (TPSA) is 96.0 Å². The van der Waals surface area contributed by atoms with Crippen LogP contribution in [0.3, 0.4) is 0 Å². The van der Waals surface area contributed by atoms with Crippen molar-refractivity contribution >= 4 is 27.5 Å². The van der Waals surface area contributed by atoms with Crippen LogP contribution in [0.15, 0.2) is 48.5 Å². The van der Waals surface area contributed by atoms with Crippen LogP contribution in [0.25, 0.3) is 0 Å². The zero-order valence-electron chi connectivity index (χ0n) is 23.0. The number of nitrogens with zero attached hydrogens (tertiary/aromatic N) is 2. The Labute approximate surface area is 227 Å². The van der Waals surface area contributed by atoms with Gasteiger partial charge < -0.3 is 15.0 Å². The predicted molar refractivity (Wildman–Crippen MR) is 151 cm³/mol. The van der Waals surface area contributed by atoms with Gasteiger partial charge in [0, 0.05) is 25.6 Å². The van der Waals surface area contributed by atoms with Crippen molar-refractivity contribution in [1.82, 2.24) is 10.2 Å². The number of nitrogens with one attached hydrogen (secondary N) is 1. The number of methoxy groups -OCH3 is 1. The van der Waals surface area contributed by atoms with Gasteiger partial charge in [0.25, 0.3) is 0 Å². The summed E-state index contributed by atoms with van der Waals surface area (Å²) in [6.07, 6.45) is 6.94. The standard InChI is InChI=1S/C29H41N3O5S/c1-22-12-14-24(15-13-22)21-31(23(2)29(34)30-25-9-6-5-7-10-25)28(33)11-8-20-32(38(4,35)36)26-16-18-27(37-3)19-17-26/h12-19,23,25H,5-11,20-21H2,1-4H3,(H,30,34)/t23-/m1/s1. The first kappa shape index (κ1) is 29.5. The molecular weight excluding hydrogens is 502 g/mol. The fourth-order valence-corrected chi connectivity index (χ4v) is 5.76. The molecule has 1 fully saturated rings. The van der Waals surface area contributed by atoms with Crippen LogP contribution in [0.5, 0.6) is 5.75 Å². The molecule has 9 heteroatoms. The molecule has 1 aliphatic carbocycles. The van der Waals surface area contributed by atoms with E-state index in [1.54, 1.807) is 43.2 Å². The maximum Gasteiger partial charge on any atom is 0.242 e. The molecule has 0 spiro atoms. The van der Waals surface area contributed by atoms with Gasteiger partial charge in [0.2, 0.25) is 21.8 Å². The molecule has 2 aromatic carbocycles. The Morgan fingerprint density at radius 3 is 2.24 bits per heavy atom. The average Bonchev–Trinajstić information content (AvgIpc) is 2.90. The van der Waals surface area contributed by atoms with Gasteiger partial charge in [-0.25, -0.2) is 8.42 Å². The van der Waals surface area contributed by atoms with Gasteiger partial charge in [-0.2, -0.15) is 0 Å². The summed E-state index contributed by atoms with van der Waals surface area (Å²) in [6, 6.07) is 14.2. The lowest BCUT2D eigenvalue weighted by molar-refractivity contribution is -0.141. The molecule has 8 nitrogen and oxygen atoms in total. The lowest BCUT2D eigenvalue weighted by atomic mass is 9.95. The molecule has 0 aromatic heterocycles. The summed E-state index contributed by atoms with van der Waals surface area (Å²) in [5.41, 5.74) is 2.57. The Morgan fingerprint density at radius 1 is 1.03 bits per heavy atom. The molecule has 38 heavy (non-hydrogen) atoms. The van der Waals surface area contributed by atoms with Crippen LogP contribution in [0.2, 0.25) is 0 Å². The van der Waals surface area contributed by atoms with Crippen molar-refractivity contribution in [3.8, 4) is 5.75 Å². The van der Waals surface area contributed by atoms with Crippen LogP contribution >= 0.6 is 0 Å². The highest BCUT2D eigenvalue weighted by Gasteiger charge is 2.28. The highest BCUT2D eigenvalue weighted by Crippen LogP contribution is 2.23. The average molecular weight is 544 g/mol. The Kier molecular flexibility index (Phi) is 10.6. The van der Waals surface area contributed by atoms with E-state index in [9.17, 15) is 18.0 Å². The Morgan fingerprint density at radius 2 is 1.66 bits per heavy atom. The van der Waals surface area contributed by atoms with Crippen molar-refractivity contribution < 1.29 is 22.7 Å². The van der Waals surface area contributed by atoms with Gasteiger partial charge in [0.1, 0.15) is 11.8 Å². The van der Waals surface area contributed by atoms with Gasteiger partial charge >= 0.3 is 0 Å². The zero-order chi connectivity index (χ0) is 27.7. The number of amides is 2.